The van der Waals surface area contributed by atoms with E-state index in [2.05, 4.69) is 10.6 Å². The summed E-state index contributed by atoms with van der Waals surface area (Å²) in [6.07, 6.45) is 0. The Kier molecular flexibility index (Phi) is 5.06. The minimum atomic E-state index is -0.394. The smallest absolute Gasteiger partial charge is 0.246 e. The Morgan fingerprint density at radius 1 is 1.14 bits per heavy atom. The largest absolute Gasteiger partial charge is 0.497 e. The first-order chi connectivity index (χ1) is 10.1. The second-order valence-electron chi connectivity index (χ2n) is 4.56. The number of halogens is 1. The van der Waals surface area contributed by atoms with E-state index in [1.165, 1.54) is 0 Å². The molecule has 0 fully saturated rings. The van der Waals surface area contributed by atoms with Crippen LogP contribution in [-0.2, 0) is 4.79 Å². The molecule has 0 spiro atoms. The normalized spacial score (nSPS) is 11.6. The zero-order chi connectivity index (χ0) is 15.2. The Bertz CT molecular complexity index is 614. The van der Waals surface area contributed by atoms with Gasteiger partial charge in [0, 0.05) is 5.69 Å². The molecule has 21 heavy (non-hydrogen) atoms. The Balaban J connectivity index is 1.97. The van der Waals surface area contributed by atoms with E-state index in [1.54, 1.807) is 26.2 Å². The van der Waals surface area contributed by atoms with Crippen LogP contribution in [0.25, 0.3) is 0 Å². The molecule has 2 N–H and O–H groups in total. The molecule has 5 heteroatoms. The molecule has 1 atom stereocenters. The minimum Gasteiger partial charge on any atom is -0.497 e. The molecule has 0 radical (unpaired) electrons. The SMILES string of the molecule is COc1ccc(NC(C)C(=O)Nc2ccccc2Cl)cc1. The van der Waals surface area contributed by atoms with Gasteiger partial charge < -0.3 is 15.4 Å². The van der Waals surface area contributed by atoms with Crippen molar-refractivity contribution in [1.82, 2.24) is 0 Å². The van der Waals surface area contributed by atoms with Crippen LogP contribution >= 0.6 is 11.6 Å². The van der Waals surface area contributed by atoms with E-state index < -0.39 is 6.04 Å². The molecule has 2 rings (SSSR count). The van der Waals surface area contributed by atoms with E-state index in [9.17, 15) is 4.79 Å². The second kappa shape index (κ2) is 6.99. The van der Waals surface area contributed by atoms with Gasteiger partial charge >= 0.3 is 0 Å². The third-order valence-electron chi connectivity index (χ3n) is 3.00. The molecule has 1 unspecified atom stereocenters. The van der Waals surface area contributed by atoms with E-state index in [0.717, 1.165) is 11.4 Å². The van der Waals surface area contributed by atoms with Crippen molar-refractivity contribution in [3.8, 4) is 5.75 Å². The van der Waals surface area contributed by atoms with Gasteiger partial charge in [-0.15, -0.1) is 0 Å². The zero-order valence-corrected chi connectivity index (χ0v) is 12.6. The van der Waals surface area contributed by atoms with Crippen molar-refractivity contribution in [2.24, 2.45) is 0 Å². The van der Waals surface area contributed by atoms with E-state index in [1.807, 2.05) is 36.4 Å². The molecule has 0 aliphatic rings. The molecule has 2 aromatic rings. The highest BCUT2D eigenvalue weighted by Crippen LogP contribution is 2.21. The second-order valence-corrected chi connectivity index (χ2v) is 4.97. The molecule has 0 bridgehead atoms. The van der Waals surface area contributed by atoms with Crippen LogP contribution < -0.4 is 15.4 Å². The van der Waals surface area contributed by atoms with Crippen LogP contribution in [0.1, 0.15) is 6.92 Å². The monoisotopic (exact) mass is 304 g/mol. The number of rotatable bonds is 5. The number of nitrogens with one attached hydrogen (secondary N) is 2. The van der Waals surface area contributed by atoms with Gasteiger partial charge in [-0.1, -0.05) is 23.7 Å². The van der Waals surface area contributed by atoms with E-state index >= 15 is 0 Å². The number of amides is 1. The molecular weight excluding hydrogens is 288 g/mol. The number of ether oxygens (including phenoxy) is 1. The van der Waals surface area contributed by atoms with Crippen molar-refractivity contribution in [1.29, 1.82) is 0 Å². The van der Waals surface area contributed by atoms with Gasteiger partial charge in [-0.2, -0.15) is 0 Å². The number of hydrogen-bond acceptors (Lipinski definition) is 3. The van der Waals surface area contributed by atoms with Gasteiger partial charge in [0.15, 0.2) is 0 Å². The third-order valence-corrected chi connectivity index (χ3v) is 3.33. The number of hydrogen-bond donors (Lipinski definition) is 2. The molecule has 0 saturated carbocycles. The average Bonchev–Trinajstić information content (AvgIpc) is 2.50. The van der Waals surface area contributed by atoms with Crippen LogP contribution in [0.2, 0.25) is 5.02 Å². The summed E-state index contributed by atoms with van der Waals surface area (Å²) in [5.74, 6) is 0.618. The predicted octanol–water partition coefficient (Wildman–Crippen LogP) is 3.79. The lowest BCUT2D eigenvalue weighted by Crippen LogP contribution is -2.31. The molecule has 0 heterocycles. The Morgan fingerprint density at radius 2 is 1.81 bits per heavy atom. The molecule has 0 saturated heterocycles. The van der Waals surface area contributed by atoms with Crippen LogP contribution in [0.5, 0.6) is 5.75 Å². The summed E-state index contributed by atoms with van der Waals surface area (Å²) in [4.78, 5) is 12.1. The fourth-order valence-corrected chi connectivity index (χ4v) is 1.99. The maximum absolute atomic E-state index is 12.1. The van der Waals surface area contributed by atoms with Gasteiger partial charge in [-0.3, -0.25) is 4.79 Å². The number of carbonyl (C=O) groups is 1. The average molecular weight is 305 g/mol. The van der Waals surface area contributed by atoms with Crippen molar-refractivity contribution in [2.75, 3.05) is 17.7 Å². The summed E-state index contributed by atoms with van der Waals surface area (Å²) in [5.41, 5.74) is 1.45. The van der Waals surface area contributed by atoms with E-state index in [0.29, 0.717) is 10.7 Å². The van der Waals surface area contributed by atoms with Crippen LogP contribution in [-0.4, -0.2) is 19.1 Å². The van der Waals surface area contributed by atoms with Crippen LogP contribution in [0.15, 0.2) is 48.5 Å². The lowest BCUT2D eigenvalue weighted by molar-refractivity contribution is -0.116. The highest BCUT2D eigenvalue weighted by atomic mass is 35.5. The molecule has 0 aliphatic carbocycles. The molecule has 110 valence electrons. The highest BCUT2D eigenvalue weighted by Gasteiger charge is 2.13. The van der Waals surface area contributed by atoms with Crippen molar-refractivity contribution in [3.05, 3.63) is 53.6 Å². The van der Waals surface area contributed by atoms with Crippen molar-refractivity contribution >= 4 is 28.9 Å². The zero-order valence-electron chi connectivity index (χ0n) is 11.9. The molecule has 1 amide bonds. The van der Waals surface area contributed by atoms with Crippen LogP contribution in [0.3, 0.4) is 0 Å². The first kappa shape index (κ1) is 15.2. The topological polar surface area (TPSA) is 50.4 Å². The first-order valence-corrected chi connectivity index (χ1v) is 6.94. The summed E-state index contributed by atoms with van der Waals surface area (Å²) in [7, 11) is 1.61. The minimum absolute atomic E-state index is 0.154. The number of para-hydroxylation sites is 1. The molecule has 0 aliphatic heterocycles. The highest BCUT2D eigenvalue weighted by molar-refractivity contribution is 6.33. The van der Waals surface area contributed by atoms with Gasteiger partial charge in [-0.25, -0.2) is 0 Å². The predicted molar refractivity (Wildman–Crippen MR) is 86.2 cm³/mol. The van der Waals surface area contributed by atoms with Gasteiger partial charge in [0.1, 0.15) is 11.8 Å². The number of methoxy groups -OCH3 is 1. The number of benzene rings is 2. The Labute approximate surface area is 129 Å². The maximum atomic E-state index is 12.1. The lowest BCUT2D eigenvalue weighted by atomic mass is 10.2. The van der Waals surface area contributed by atoms with Gasteiger partial charge in [0.05, 0.1) is 17.8 Å². The molecule has 0 aromatic heterocycles. The lowest BCUT2D eigenvalue weighted by Gasteiger charge is -2.16. The fourth-order valence-electron chi connectivity index (χ4n) is 1.81. The summed E-state index contributed by atoms with van der Waals surface area (Å²) in [5, 5.41) is 6.43. The van der Waals surface area contributed by atoms with Crippen molar-refractivity contribution in [2.45, 2.75) is 13.0 Å². The number of carbonyl (C=O) groups excluding carboxylic acids is 1. The van der Waals surface area contributed by atoms with Gasteiger partial charge in [-0.05, 0) is 43.3 Å². The van der Waals surface area contributed by atoms with Crippen molar-refractivity contribution < 1.29 is 9.53 Å². The molecule has 2 aromatic carbocycles. The van der Waals surface area contributed by atoms with E-state index in [-0.39, 0.29) is 5.91 Å². The summed E-state index contributed by atoms with van der Waals surface area (Å²) in [6, 6.07) is 14.1. The summed E-state index contributed by atoms with van der Waals surface area (Å²) >= 11 is 6.02. The maximum Gasteiger partial charge on any atom is 0.246 e. The third kappa shape index (κ3) is 4.13. The molecular formula is C16H17ClN2O2. The first-order valence-electron chi connectivity index (χ1n) is 6.56. The van der Waals surface area contributed by atoms with Gasteiger partial charge in [0.2, 0.25) is 5.91 Å². The van der Waals surface area contributed by atoms with Gasteiger partial charge in [0.25, 0.3) is 0 Å². The number of anilines is 2. The van der Waals surface area contributed by atoms with E-state index in [4.69, 9.17) is 16.3 Å². The quantitative estimate of drug-likeness (QED) is 0.883. The standard InChI is InChI=1S/C16H17ClN2O2/c1-11(18-12-7-9-13(21-2)10-8-12)16(20)19-15-6-4-3-5-14(15)17/h3-11,18H,1-2H3,(H,19,20). The van der Waals surface area contributed by atoms with Crippen LogP contribution in [0, 0.1) is 0 Å². The fraction of sp³-hybridized carbons (Fsp3) is 0.188. The summed E-state index contributed by atoms with van der Waals surface area (Å²) in [6.45, 7) is 1.79. The summed E-state index contributed by atoms with van der Waals surface area (Å²) < 4.78 is 5.09. The Hall–Kier alpha value is -2.20. The molecule has 4 nitrogen and oxygen atoms in total. The van der Waals surface area contributed by atoms with Crippen molar-refractivity contribution in [3.63, 3.8) is 0 Å². The Morgan fingerprint density at radius 3 is 2.43 bits per heavy atom. The van der Waals surface area contributed by atoms with Crippen LogP contribution in [0.4, 0.5) is 11.4 Å².